The molecule has 0 saturated carbocycles. The lowest BCUT2D eigenvalue weighted by Crippen LogP contribution is -2.19. The van der Waals surface area contributed by atoms with Gasteiger partial charge in [-0.2, -0.15) is 0 Å². The predicted octanol–water partition coefficient (Wildman–Crippen LogP) is 3.47. The molecule has 2 N–H and O–H groups in total. The number of hydrogen-bond acceptors (Lipinski definition) is 2. The van der Waals surface area contributed by atoms with Crippen LogP contribution in [-0.4, -0.2) is 4.98 Å². The summed E-state index contributed by atoms with van der Waals surface area (Å²) in [6.07, 6.45) is 3.34. The average molecular weight is 262 g/mol. The van der Waals surface area contributed by atoms with Crippen LogP contribution < -0.4 is 5.73 Å². The topological polar surface area (TPSA) is 38.9 Å². The summed E-state index contributed by atoms with van der Waals surface area (Å²) < 4.78 is 27.1. The van der Waals surface area contributed by atoms with E-state index in [9.17, 15) is 8.78 Å². The summed E-state index contributed by atoms with van der Waals surface area (Å²) in [6.45, 7) is 3.51. The number of aryl methyl sites for hydroxylation is 1. The Morgan fingerprint density at radius 1 is 1.11 bits per heavy atom. The Hall–Kier alpha value is -1.81. The standard InChI is InChI=1S/C15H16F2N2/c1-9-7-12(14(17)8-13(9)16)15(18)10(2)11-3-5-19-6-4-11/h3-8,10,15H,18H2,1-2H3. The molecule has 0 saturated heterocycles. The lowest BCUT2D eigenvalue weighted by molar-refractivity contribution is 0.523. The van der Waals surface area contributed by atoms with Gasteiger partial charge in [0, 0.05) is 36.0 Å². The van der Waals surface area contributed by atoms with Crippen molar-refractivity contribution in [2.75, 3.05) is 0 Å². The van der Waals surface area contributed by atoms with Gasteiger partial charge in [-0.05, 0) is 36.2 Å². The van der Waals surface area contributed by atoms with Gasteiger partial charge in [0.05, 0.1) is 0 Å². The second kappa shape index (κ2) is 5.45. The first kappa shape index (κ1) is 13.6. The van der Waals surface area contributed by atoms with Crippen molar-refractivity contribution in [2.24, 2.45) is 5.73 Å². The monoisotopic (exact) mass is 262 g/mol. The Labute approximate surface area is 111 Å². The molecular formula is C15H16F2N2. The molecule has 0 bridgehead atoms. The molecule has 0 aliphatic rings. The summed E-state index contributed by atoms with van der Waals surface area (Å²) in [5, 5.41) is 0. The van der Waals surface area contributed by atoms with Crippen molar-refractivity contribution in [2.45, 2.75) is 25.8 Å². The van der Waals surface area contributed by atoms with Gasteiger partial charge in [0.2, 0.25) is 0 Å². The number of pyridine rings is 1. The number of rotatable bonds is 3. The fourth-order valence-corrected chi connectivity index (χ4v) is 2.08. The average Bonchev–Trinajstić information content (AvgIpc) is 2.42. The first-order valence-electron chi connectivity index (χ1n) is 6.11. The molecule has 1 aromatic heterocycles. The van der Waals surface area contributed by atoms with E-state index in [2.05, 4.69) is 4.98 Å². The minimum atomic E-state index is -0.600. The van der Waals surface area contributed by atoms with E-state index in [1.54, 1.807) is 19.3 Å². The molecule has 0 fully saturated rings. The Kier molecular flexibility index (Phi) is 3.90. The summed E-state index contributed by atoms with van der Waals surface area (Å²) in [7, 11) is 0. The number of aromatic nitrogens is 1. The van der Waals surface area contributed by atoms with Crippen LogP contribution in [0.1, 0.15) is 35.6 Å². The number of hydrogen-bond donors (Lipinski definition) is 1. The van der Waals surface area contributed by atoms with E-state index in [1.165, 1.54) is 6.07 Å². The second-order valence-corrected chi connectivity index (χ2v) is 4.72. The third-order valence-electron chi connectivity index (χ3n) is 3.41. The Morgan fingerprint density at radius 2 is 1.74 bits per heavy atom. The van der Waals surface area contributed by atoms with Crippen LogP contribution in [0.5, 0.6) is 0 Å². The first-order chi connectivity index (χ1) is 9.00. The lowest BCUT2D eigenvalue weighted by Gasteiger charge is -2.21. The normalized spacial score (nSPS) is 14.2. The smallest absolute Gasteiger partial charge is 0.130 e. The fourth-order valence-electron chi connectivity index (χ4n) is 2.08. The maximum absolute atomic E-state index is 13.8. The molecule has 0 amide bonds. The summed E-state index contributed by atoms with van der Waals surface area (Å²) in [5.41, 5.74) is 7.82. The Bertz CT molecular complexity index is 570. The van der Waals surface area contributed by atoms with E-state index < -0.39 is 17.7 Å². The van der Waals surface area contributed by atoms with Gasteiger partial charge < -0.3 is 5.73 Å². The predicted molar refractivity (Wildman–Crippen MR) is 70.7 cm³/mol. The molecule has 2 unspecified atom stereocenters. The van der Waals surface area contributed by atoms with Gasteiger partial charge in [0.15, 0.2) is 0 Å². The van der Waals surface area contributed by atoms with Crippen molar-refractivity contribution < 1.29 is 8.78 Å². The molecule has 2 aromatic rings. The van der Waals surface area contributed by atoms with Crippen LogP contribution in [0.3, 0.4) is 0 Å². The third kappa shape index (κ3) is 2.79. The van der Waals surface area contributed by atoms with E-state index >= 15 is 0 Å². The lowest BCUT2D eigenvalue weighted by atomic mass is 9.89. The van der Waals surface area contributed by atoms with E-state index in [1.807, 2.05) is 19.1 Å². The van der Waals surface area contributed by atoms with E-state index in [-0.39, 0.29) is 5.92 Å². The van der Waals surface area contributed by atoms with Crippen molar-refractivity contribution in [1.82, 2.24) is 4.98 Å². The summed E-state index contributed by atoms with van der Waals surface area (Å²) >= 11 is 0. The van der Waals surface area contributed by atoms with Crippen LogP contribution in [0.2, 0.25) is 0 Å². The van der Waals surface area contributed by atoms with Gasteiger partial charge in [0.1, 0.15) is 11.6 Å². The minimum absolute atomic E-state index is 0.0811. The molecule has 1 aromatic carbocycles. The molecule has 4 heteroatoms. The summed E-state index contributed by atoms with van der Waals surface area (Å²) in [6, 6.07) is 5.54. The van der Waals surface area contributed by atoms with Gasteiger partial charge in [0.25, 0.3) is 0 Å². The molecule has 0 spiro atoms. The van der Waals surface area contributed by atoms with Gasteiger partial charge in [-0.1, -0.05) is 6.92 Å². The third-order valence-corrected chi connectivity index (χ3v) is 3.41. The van der Waals surface area contributed by atoms with Gasteiger partial charge in [-0.3, -0.25) is 4.98 Å². The largest absolute Gasteiger partial charge is 0.323 e. The molecule has 100 valence electrons. The van der Waals surface area contributed by atoms with Crippen molar-refractivity contribution >= 4 is 0 Å². The van der Waals surface area contributed by atoms with Crippen LogP contribution >= 0.6 is 0 Å². The molecule has 1 heterocycles. The number of nitrogens with zero attached hydrogens (tertiary/aromatic N) is 1. The van der Waals surface area contributed by atoms with Crippen LogP contribution in [0.25, 0.3) is 0 Å². The Balaban J connectivity index is 2.34. The quantitative estimate of drug-likeness (QED) is 0.919. The van der Waals surface area contributed by atoms with Crippen molar-refractivity contribution in [3.8, 4) is 0 Å². The van der Waals surface area contributed by atoms with E-state index in [4.69, 9.17) is 5.73 Å². The molecule has 2 nitrogen and oxygen atoms in total. The maximum Gasteiger partial charge on any atom is 0.130 e. The van der Waals surface area contributed by atoms with Crippen LogP contribution in [0.4, 0.5) is 8.78 Å². The van der Waals surface area contributed by atoms with Gasteiger partial charge in [-0.15, -0.1) is 0 Å². The highest BCUT2D eigenvalue weighted by atomic mass is 19.1. The zero-order valence-electron chi connectivity index (χ0n) is 10.9. The summed E-state index contributed by atoms with van der Waals surface area (Å²) in [5.74, 6) is -1.23. The zero-order chi connectivity index (χ0) is 14.0. The number of benzene rings is 1. The van der Waals surface area contributed by atoms with Crippen molar-refractivity contribution in [1.29, 1.82) is 0 Å². The molecule has 2 rings (SSSR count). The Morgan fingerprint density at radius 3 is 2.37 bits per heavy atom. The minimum Gasteiger partial charge on any atom is -0.323 e. The zero-order valence-corrected chi connectivity index (χ0v) is 10.9. The SMILES string of the molecule is Cc1cc(C(N)C(C)c2ccncc2)c(F)cc1F. The van der Waals surface area contributed by atoms with Crippen LogP contribution in [-0.2, 0) is 0 Å². The van der Waals surface area contributed by atoms with Crippen LogP contribution in [0, 0.1) is 18.6 Å². The second-order valence-electron chi connectivity index (χ2n) is 4.72. The highest BCUT2D eigenvalue weighted by molar-refractivity contribution is 5.31. The molecule has 19 heavy (non-hydrogen) atoms. The number of halogens is 2. The molecule has 0 aliphatic carbocycles. The summed E-state index contributed by atoms with van der Waals surface area (Å²) in [4.78, 5) is 3.94. The highest BCUT2D eigenvalue weighted by Crippen LogP contribution is 2.30. The van der Waals surface area contributed by atoms with E-state index in [0.29, 0.717) is 11.1 Å². The molecule has 0 radical (unpaired) electrons. The van der Waals surface area contributed by atoms with Crippen LogP contribution in [0.15, 0.2) is 36.7 Å². The molecule has 2 atom stereocenters. The molecule has 0 aliphatic heterocycles. The maximum atomic E-state index is 13.8. The first-order valence-corrected chi connectivity index (χ1v) is 6.11. The van der Waals surface area contributed by atoms with Gasteiger partial charge in [-0.25, -0.2) is 8.78 Å². The molecular weight excluding hydrogens is 246 g/mol. The van der Waals surface area contributed by atoms with E-state index in [0.717, 1.165) is 11.6 Å². The fraction of sp³-hybridized carbons (Fsp3) is 0.267. The number of nitrogens with two attached hydrogens (primary N) is 1. The highest BCUT2D eigenvalue weighted by Gasteiger charge is 2.21. The van der Waals surface area contributed by atoms with Crippen molar-refractivity contribution in [3.05, 3.63) is 65.0 Å². The van der Waals surface area contributed by atoms with Gasteiger partial charge >= 0.3 is 0 Å². The van der Waals surface area contributed by atoms with Crippen molar-refractivity contribution in [3.63, 3.8) is 0 Å².